The summed E-state index contributed by atoms with van der Waals surface area (Å²) in [6, 6.07) is 9.78. The van der Waals surface area contributed by atoms with Crippen LogP contribution in [0.3, 0.4) is 0 Å². The maximum absolute atomic E-state index is 12.8. The Labute approximate surface area is 138 Å². The molecule has 0 N–H and O–H groups in total. The van der Waals surface area contributed by atoms with Crippen LogP contribution in [0.25, 0.3) is 0 Å². The van der Waals surface area contributed by atoms with E-state index in [1.54, 1.807) is 11.1 Å². The molecule has 0 unspecified atom stereocenters. The number of amides is 1. The smallest absolute Gasteiger partial charge is 0.420 e. The molecule has 23 heavy (non-hydrogen) atoms. The number of pyridine rings is 1. The lowest BCUT2D eigenvalue weighted by atomic mass is 10.1. The van der Waals surface area contributed by atoms with Crippen LogP contribution in [0.1, 0.15) is 37.5 Å². The molecule has 0 atom stereocenters. The Morgan fingerprint density at radius 2 is 1.70 bits per heavy atom. The summed E-state index contributed by atoms with van der Waals surface area (Å²) in [5.41, 5.74) is 3.32. The van der Waals surface area contributed by atoms with Crippen LogP contribution in [0.15, 0.2) is 36.5 Å². The third kappa shape index (κ3) is 4.31. The average Bonchev–Trinajstić information content (AvgIpc) is 2.41. The minimum atomic E-state index is -0.573. The largest absolute Gasteiger partial charge is 0.443 e. The summed E-state index contributed by atoms with van der Waals surface area (Å²) in [5, 5.41) is 0. The molecule has 0 saturated heterocycles. The minimum absolute atomic E-state index is 0.427. The predicted molar refractivity (Wildman–Crippen MR) is 93.3 cm³/mol. The Morgan fingerprint density at radius 1 is 1.04 bits per heavy atom. The van der Waals surface area contributed by atoms with Gasteiger partial charge in [-0.2, -0.15) is 0 Å². The van der Waals surface area contributed by atoms with Crippen molar-refractivity contribution in [3.8, 4) is 0 Å². The number of rotatable bonds is 2. The van der Waals surface area contributed by atoms with E-state index in [4.69, 9.17) is 4.74 Å². The van der Waals surface area contributed by atoms with E-state index in [1.165, 1.54) is 0 Å². The molecule has 1 heterocycles. The molecule has 0 aliphatic rings. The van der Waals surface area contributed by atoms with Crippen LogP contribution in [0, 0.1) is 20.8 Å². The summed E-state index contributed by atoms with van der Waals surface area (Å²) in [6.45, 7) is 11.5. The second-order valence-corrected chi connectivity index (χ2v) is 6.80. The van der Waals surface area contributed by atoms with Crippen LogP contribution in [0.4, 0.5) is 16.3 Å². The van der Waals surface area contributed by atoms with Crippen molar-refractivity contribution < 1.29 is 9.53 Å². The summed E-state index contributed by atoms with van der Waals surface area (Å²) in [5.74, 6) is 0.563. The molecule has 1 amide bonds. The van der Waals surface area contributed by atoms with E-state index < -0.39 is 11.7 Å². The van der Waals surface area contributed by atoms with E-state index in [1.807, 2.05) is 71.9 Å². The number of carbonyl (C=O) groups excluding carboxylic acids is 1. The van der Waals surface area contributed by atoms with Gasteiger partial charge in [0.15, 0.2) is 0 Å². The molecular weight excluding hydrogens is 288 g/mol. The molecule has 4 nitrogen and oxygen atoms in total. The summed E-state index contributed by atoms with van der Waals surface area (Å²) in [7, 11) is 0. The van der Waals surface area contributed by atoms with E-state index in [9.17, 15) is 4.79 Å². The number of hydrogen-bond acceptors (Lipinski definition) is 3. The number of ether oxygens (including phenoxy) is 1. The van der Waals surface area contributed by atoms with E-state index in [0.29, 0.717) is 5.82 Å². The summed E-state index contributed by atoms with van der Waals surface area (Å²) in [6.07, 6.45) is 1.27. The van der Waals surface area contributed by atoms with Crippen molar-refractivity contribution in [2.24, 2.45) is 0 Å². The standard InChI is InChI=1S/C19H24N2O2/c1-13-7-8-15(3)16(11-13)21(18(22)23-19(4,5)6)17-12-14(2)9-10-20-17/h7-12H,1-6H3. The van der Waals surface area contributed by atoms with Gasteiger partial charge in [0.25, 0.3) is 0 Å². The first-order chi connectivity index (χ1) is 10.7. The zero-order valence-corrected chi connectivity index (χ0v) is 14.7. The Balaban J connectivity index is 2.55. The van der Waals surface area contributed by atoms with E-state index in [2.05, 4.69) is 4.98 Å². The van der Waals surface area contributed by atoms with Gasteiger partial charge >= 0.3 is 6.09 Å². The molecule has 0 aliphatic heterocycles. The number of aryl methyl sites for hydroxylation is 3. The van der Waals surface area contributed by atoms with Crippen molar-refractivity contribution in [2.75, 3.05) is 4.90 Å². The fourth-order valence-corrected chi connectivity index (χ4v) is 2.23. The third-order valence-electron chi connectivity index (χ3n) is 3.31. The maximum atomic E-state index is 12.8. The molecule has 0 aliphatic carbocycles. The van der Waals surface area contributed by atoms with Crippen LogP contribution in [-0.4, -0.2) is 16.7 Å². The van der Waals surface area contributed by atoms with Crippen molar-refractivity contribution in [1.82, 2.24) is 4.98 Å². The average molecular weight is 312 g/mol. The van der Waals surface area contributed by atoms with Gasteiger partial charge in [0.05, 0.1) is 5.69 Å². The van der Waals surface area contributed by atoms with Gasteiger partial charge in [-0.15, -0.1) is 0 Å². The molecule has 0 spiro atoms. The van der Waals surface area contributed by atoms with Gasteiger partial charge in [-0.05, 0) is 76.4 Å². The normalized spacial score (nSPS) is 11.2. The van der Waals surface area contributed by atoms with Gasteiger partial charge in [-0.1, -0.05) is 12.1 Å². The molecular formula is C19H24N2O2. The Morgan fingerprint density at radius 3 is 2.30 bits per heavy atom. The topological polar surface area (TPSA) is 42.4 Å². The first-order valence-corrected chi connectivity index (χ1v) is 7.70. The Bertz CT molecular complexity index is 718. The van der Waals surface area contributed by atoms with Crippen molar-refractivity contribution in [3.63, 3.8) is 0 Å². The monoisotopic (exact) mass is 312 g/mol. The molecule has 0 fully saturated rings. The minimum Gasteiger partial charge on any atom is -0.443 e. The van der Waals surface area contributed by atoms with E-state index in [-0.39, 0.29) is 0 Å². The van der Waals surface area contributed by atoms with Crippen molar-refractivity contribution in [2.45, 2.75) is 47.1 Å². The number of hydrogen-bond donors (Lipinski definition) is 0. The van der Waals surface area contributed by atoms with Gasteiger partial charge in [0, 0.05) is 6.20 Å². The summed E-state index contributed by atoms with van der Waals surface area (Å²) in [4.78, 5) is 18.7. The van der Waals surface area contributed by atoms with Crippen molar-refractivity contribution in [1.29, 1.82) is 0 Å². The van der Waals surface area contributed by atoms with E-state index >= 15 is 0 Å². The number of nitrogens with zero attached hydrogens (tertiary/aromatic N) is 2. The highest BCUT2D eigenvalue weighted by atomic mass is 16.6. The Hall–Kier alpha value is -2.36. The lowest BCUT2D eigenvalue weighted by molar-refractivity contribution is 0.0598. The van der Waals surface area contributed by atoms with Crippen molar-refractivity contribution in [3.05, 3.63) is 53.2 Å². The SMILES string of the molecule is Cc1ccnc(N(C(=O)OC(C)(C)C)c2cc(C)ccc2C)c1. The van der Waals surface area contributed by atoms with Crippen LogP contribution in [0.5, 0.6) is 0 Å². The Kier molecular flexibility index (Phi) is 4.73. The number of anilines is 2. The second kappa shape index (κ2) is 6.41. The molecule has 1 aromatic carbocycles. The van der Waals surface area contributed by atoms with Gasteiger partial charge < -0.3 is 4.74 Å². The van der Waals surface area contributed by atoms with Gasteiger partial charge in [-0.25, -0.2) is 14.7 Å². The summed E-state index contributed by atoms with van der Waals surface area (Å²) >= 11 is 0. The lowest BCUT2D eigenvalue weighted by Crippen LogP contribution is -2.34. The molecule has 0 saturated carbocycles. The van der Waals surface area contributed by atoms with Crippen LogP contribution in [0.2, 0.25) is 0 Å². The molecule has 4 heteroatoms. The fraction of sp³-hybridized carbons (Fsp3) is 0.368. The molecule has 1 aromatic heterocycles. The fourth-order valence-electron chi connectivity index (χ4n) is 2.23. The molecule has 122 valence electrons. The third-order valence-corrected chi connectivity index (χ3v) is 3.31. The molecule has 2 rings (SSSR count). The zero-order valence-electron chi connectivity index (χ0n) is 14.7. The highest BCUT2D eigenvalue weighted by Crippen LogP contribution is 2.30. The van der Waals surface area contributed by atoms with Crippen molar-refractivity contribution >= 4 is 17.6 Å². The highest BCUT2D eigenvalue weighted by molar-refractivity contribution is 5.96. The number of benzene rings is 1. The molecule has 0 bridgehead atoms. The lowest BCUT2D eigenvalue weighted by Gasteiger charge is -2.28. The highest BCUT2D eigenvalue weighted by Gasteiger charge is 2.27. The molecule has 0 radical (unpaired) electrons. The van der Waals surface area contributed by atoms with Gasteiger partial charge in [0.1, 0.15) is 11.4 Å². The first kappa shape index (κ1) is 17.0. The zero-order chi connectivity index (χ0) is 17.2. The van der Waals surface area contributed by atoms with Crippen LogP contribution >= 0.6 is 0 Å². The van der Waals surface area contributed by atoms with Crippen LogP contribution in [-0.2, 0) is 4.74 Å². The second-order valence-electron chi connectivity index (χ2n) is 6.80. The number of aromatic nitrogens is 1. The van der Waals surface area contributed by atoms with Gasteiger partial charge in [-0.3, -0.25) is 0 Å². The maximum Gasteiger partial charge on any atom is 0.420 e. The van der Waals surface area contributed by atoms with E-state index in [0.717, 1.165) is 22.4 Å². The summed E-state index contributed by atoms with van der Waals surface area (Å²) < 4.78 is 5.59. The predicted octanol–water partition coefficient (Wildman–Crippen LogP) is 5.08. The first-order valence-electron chi connectivity index (χ1n) is 7.70. The van der Waals surface area contributed by atoms with Crippen LogP contribution < -0.4 is 4.90 Å². The van der Waals surface area contributed by atoms with Gasteiger partial charge in [0.2, 0.25) is 0 Å². The molecule has 2 aromatic rings. The quantitative estimate of drug-likeness (QED) is 0.776. The number of carbonyl (C=O) groups is 1.